The molecule has 0 radical (unpaired) electrons. The molecule has 0 aromatic rings. The summed E-state index contributed by atoms with van der Waals surface area (Å²) >= 11 is 0. The molecule has 0 aromatic carbocycles. The van der Waals surface area contributed by atoms with Crippen LogP contribution in [0.2, 0.25) is 0 Å². The second-order valence-corrected chi connectivity index (χ2v) is 6.62. The molecule has 0 amide bonds. The summed E-state index contributed by atoms with van der Waals surface area (Å²) in [6.07, 6.45) is 0.0586. The Kier molecular flexibility index (Phi) is 7.94. The van der Waals surface area contributed by atoms with Gasteiger partial charge in [0.25, 0.3) is 0 Å². The van der Waals surface area contributed by atoms with Gasteiger partial charge in [0.1, 0.15) is 0 Å². The van der Waals surface area contributed by atoms with Crippen molar-refractivity contribution >= 4 is 10.0 Å². The van der Waals surface area contributed by atoms with Crippen LogP contribution < -0.4 is 5.73 Å². The molecular formula is C11H26N2O3S. The number of nitrogens with two attached hydrogens (primary N) is 1. The highest BCUT2D eigenvalue weighted by molar-refractivity contribution is 7.89. The topological polar surface area (TPSA) is 72.6 Å². The SMILES string of the molecule is CCN(CC(C)CN)S(=O)(=O)CCOC(C)C. The number of ether oxygens (including phenoxy) is 1. The maximum absolute atomic E-state index is 12.0. The predicted molar refractivity (Wildman–Crippen MR) is 70.3 cm³/mol. The molecule has 104 valence electrons. The van der Waals surface area contributed by atoms with E-state index < -0.39 is 10.0 Å². The predicted octanol–water partition coefficient (Wildman–Crippen LogP) is 0.658. The number of hydrogen-bond acceptors (Lipinski definition) is 4. The summed E-state index contributed by atoms with van der Waals surface area (Å²) in [7, 11) is -3.22. The van der Waals surface area contributed by atoms with Gasteiger partial charge < -0.3 is 10.5 Å². The van der Waals surface area contributed by atoms with Crippen LogP contribution in [-0.4, -0.2) is 50.8 Å². The van der Waals surface area contributed by atoms with Gasteiger partial charge in [-0.15, -0.1) is 0 Å². The molecule has 0 spiro atoms. The number of nitrogens with zero attached hydrogens (tertiary/aromatic N) is 1. The molecule has 2 N–H and O–H groups in total. The van der Waals surface area contributed by atoms with Crippen LogP contribution in [0.25, 0.3) is 0 Å². The summed E-state index contributed by atoms with van der Waals surface area (Å²) in [4.78, 5) is 0. The number of sulfonamides is 1. The van der Waals surface area contributed by atoms with Crippen LogP contribution >= 0.6 is 0 Å². The number of rotatable bonds is 9. The van der Waals surface area contributed by atoms with Crippen molar-refractivity contribution in [2.45, 2.75) is 33.8 Å². The van der Waals surface area contributed by atoms with E-state index in [1.807, 2.05) is 27.7 Å². The van der Waals surface area contributed by atoms with E-state index in [2.05, 4.69) is 0 Å². The van der Waals surface area contributed by atoms with E-state index in [0.29, 0.717) is 19.6 Å². The molecule has 0 saturated carbocycles. The molecule has 0 heterocycles. The smallest absolute Gasteiger partial charge is 0.216 e. The third-order valence-corrected chi connectivity index (χ3v) is 4.33. The van der Waals surface area contributed by atoms with Crippen LogP contribution in [0, 0.1) is 5.92 Å². The largest absolute Gasteiger partial charge is 0.378 e. The molecule has 0 aromatic heterocycles. The van der Waals surface area contributed by atoms with E-state index >= 15 is 0 Å². The fraction of sp³-hybridized carbons (Fsp3) is 1.00. The zero-order valence-electron chi connectivity index (χ0n) is 11.3. The Bertz CT molecular complexity index is 291. The van der Waals surface area contributed by atoms with Crippen LogP contribution in [0.5, 0.6) is 0 Å². The molecule has 17 heavy (non-hydrogen) atoms. The van der Waals surface area contributed by atoms with Crippen molar-refractivity contribution in [3.63, 3.8) is 0 Å². The summed E-state index contributed by atoms with van der Waals surface area (Å²) in [5, 5.41) is 0. The molecule has 0 aliphatic rings. The highest BCUT2D eigenvalue weighted by Gasteiger charge is 2.21. The van der Waals surface area contributed by atoms with Crippen molar-refractivity contribution in [2.24, 2.45) is 11.7 Å². The average molecular weight is 266 g/mol. The molecule has 0 aliphatic carbocycles. The molecule has 6 heteroatoms. The lowest BCUT2D eigenvalue weighted by atomic mass is 10.2. The quantitative estimate of drug-likeness (QED) is 0.665. The lowest BCUT2D eigenvalue weighted by Crippen LogP contribution is -2.39. The van der Waals surface area contributed by atoms with Gasteiger partial charge in [-0.2, -0.15) is 0 Å². The first-order chi connectivity index (χ1) is 7.83. The third-order valence-electron chi connectivity index (χ3n) is 2.46. The summed E-state index contributed by atoms with van der Waals surface area (Å²) < 4.78 is 30.8. The van der Waals surface area contributed by atoms with Crippen molar-refractivity contribution in [3.8, 4) is 0 Å². The van der Waals surface area contributed by atoms with Gasteiger partial charge in [0.05, 0.1) is 18.5 Å². The van der Waals surface area contributed by atoms with E-state index in [1.165, 1.54) is 4.31 Å². The first-order valence-electron chi connectivity index (χ1n) is 6.13. The van der Waals surface area contributed by atoms with E-state index in [4.69, 9.17) is 10.5 Å². The lowest BCUT2D eigenvalue weighted by Gasteiger charge is -2.23. The lowest BCUT2D eigenvalue weighted by molar-refractivity contribution is 0.0906. The van der Waals surface area contributed by atoms with Crippen molar-refractivity contribution in [1.29, 1.82) is 0 Å². The minimum absolute atomic E-state index is 0.0380. The second-order valence-electron chi connectivity index (χ2n) is 4.53. The molecular weight excluding hydrogens is 240 g/mol. The van der Waals surface area contributed by atoms with Crippen LogP contribution in [0.3, 0.4) is 0 Å². The average Bonchev–Trinajstić information content (AvgIpc) is 2.24. The molecule has 0 bridgehead atoms. The molecule has 1 unspecified atom stereocenters. The van der Waals surface area contributed by atoms with Crippen LogP contribution in [0.4, 0.5) is 0 Å². The van der Waals surface area contributed by atoms with Gasteiger partial charge in [-0.3, -0.25) is 0 Å². The van der Waals surface area contributed by atoms with Gasteiger partial charge in [0, 0.05) is 13.1 Å². The molecule has 0 aliphatic heterocycles. The Balaban J connectivity index is 4.33. The Morgan fingerprint density at radius 1 is 1.29 bits per heavy atom. The fourth-order valence-corrected chi connectivity index (χ4v) is 2.82. The van der Waals surface area contributed by atoms with E-state index in [1.54, 1.807) is 0 Å². The van der Waals surface area contributed by atoms with Crippen LogP contribution in [-0.2, 0) is 14.8 Å². The Hall–Kier alpha value is -0.170. The zero-order chi connectivity index (χ0) is 13.5. The molecule has 0 saturated heterocycles. The second kappa shape index (κ2) is 8.02. The standard InChI is InChI=1S/C11H26N2O3S/c1-5-13(9-11(4)8-12)17(14,15)7-6-16-10(2)3/h10-11H,5-9,12H2,1-4H3. The van der Waals surface area contributed by atoms with Gasteiger partial charge >= 0.3 is 0 Å². The fourth-order valence-electron chi connectivity index (χ4n) is 1.38. The van der Waals surface area contributed by atoms with Gasteiger partial charge in [0.2, 0.25) is 10.0 Å². The third kappa shape index (κ3) is 6.98. The van der Waals surface area contributed by atoms with Crippen LogP contribution in [0.15, 0.2) is 0 Å². The van der Waals surface area contributed by atoms with Crippen molar-refractivity contribution in [3.05, 3.63) is 0 Å². The van der Waals surface area contributed by atoms with Gasteiger partial charge in [0.15, 0.2) is 0 Å². The van der Waals surface area contributed by atoms with Gasteiger partial charge in [-0.25, -0.2) is 12.7 Å². The number of hydrogen-bond donors (Lipinski definition) is 1. The minimum atomic E-state index is -3.22. The maximum Gasteiger partial charge on any atom is 0.216 e. The normalized spacial score (nSPS) is 14.5. The van der Waals surface area contributed by atoms with E-state index in [-0.39, 0.29) is 24.4 Å². The monoisotopic (exact) mass is 266 g/mol. The van der Waals surface area contributed by atoms with E-state index in [9.17, 15) is 8.42 Å². The highest BCUT2D eigenvalue weighted by atomic mass is 32.2. The Labute approximate surface area is 105 Å². The molecule has 0 rings (SSSR count). The zero-order valence-corrected chi connectivity index (χ0v) is 12.2. The van der Waals surface area contributed by atoms with E-state index in [0.717, 1.165) is 0 Å². The van der Waals surface area contributed by atoms with Crippen molar-refractivity contribution in [2.75, 3.05) is 32.0 Å². The first kappa shape index (κ1) is 16.8. The maximum atomic E-state index is 12.0. The van der Waals surface area contributed by atoms with Crippen molar-refractivity contribution in [1.82, 2.24) is 4.31 Å². The Morgan fingerprint density at radius 3 is 2.29 bits per heavy atom. The summed E-state index contributed by atoms with van der Waals surface area (Å²) in [5.74, 6) is 0.215. The van der Waals surface area contributed by atoms with Crippen molar-refractivity contribution < 1.29 is 13.2 Å². The summed E-state index contributed by atoms with van der Waals surface area (Å²) in [6, 6.07) is 0. The van der Waals surface area contributed by atoms with Gasteiger partial charge in [-0.05, 0) is 26.3 Å². The molecule has 1 atom stereocenters. The minimum Gasteiger partial charge on any atom is -0.378 e. The molecule has 0 fully saturated rings. The first-order valence-corrected chi connectivity index (χ1v) is 7.73. The van der Waals surface area contributed by atoms with Crippen LogP contribution in [0.1, 0.15) is 27.7 Å². The Morgan fingerprint density at radius 2 is 1.88 bits per heavy atom. The summed E-state index contributed by atoms with van der Waals surface area (Å²) in [5.41, 5.74) is 5.51. The summed E-state index contributed by atoms with van der Waals surface area (Å²) in [6.45, 7) is 9.27. The van der Waals surface area contributed by atoms with Gasteiger partial charge in [-0.1, -0.05) is 13.8 Å². The highest BCUT2D eigenvalue weighted by Crippen LogP contribution is 2.06. The molecule has 5 nitrogen and oxygen atoms in total.